The van der Waals surface area contributed by atoms with Crippen molar-refractivity contribution in [1.29, 1.82) is 0 Å². The van der Waals surface area contributed by atoms with Crippen molar-refractivity contribution in [1.82, 2.24) is 0 Å². The molecule has 0 aliphatic rings. The lowest BCUT2D eigenvalue weighted by atomic mass is 10.1. The van der Waals surface area contributed by atoms with Gasteiger partial charge in [-0.25, -0.2) is 4.39 Å². The standard InChI is InChI=1S/C15H14Br2FN/c1-9-5-10(2)15(13(17)6-9)19-8-11-3-4-14(18)12(16)7-11/h3-7,19H,8H2,1-2H3. The zero-order valence-electron chi connectivity index (χ0n) is 10.7. The van der Waals surface area contributed by atoms with Gasteiger partial charge in [0.25, 0.3) is 0 Å². The molecule has 0 fully saturated rings. The lowest BCUT2D eigenvalue weighted by Crippen LogP contribution is -2.02. The van der Waals surface area contributed by atoms with Crippen LogP contribution in [0.4, 0.5) is 10.1 Å². The van der Waals surface area contributed by atoms with E-state index >= 15 is 0 Å². The van der Waals surface area contributed by atoms with Crippen LogP contribution < -0.4 is 5.32 Å². The molecule has 0 bridgehead atoms. The summed E-state index contributed by atoms with van der Waals surface area (Å²) in [5.74, 6) is -0.239. The van der Waals surface area contributed by atoms with E-state index in [4.69, 9.17) is 0 Å². The van der Waals surface area contributed by atoms with E-state index in [-0.39, 0.29) is 5.82 Å². The van der Waals surface area contributed by atoms with Crippen LogP contribution in [0.5, 0.6) is 0 Å². The van der Waals surface area contributed by atoms with Gasteiger partial charge in [-0.3, -0.25) is 0 Å². The molecule has 1 nitrogen and oxygen atoms in total. The number of hydrogen-bond acceptors (Lipinski definition) is 1. The fourth-order valence-corrected chi connectivity index (χ4v) is 3.22. The zero-order chi connectivity index (χ0) is 14.0. The molecule has 0 aliphatic carbocycles. The molecule has 0 saturated heterocycles. The number of hydrogen-bond donors (Lipinski definition) is 1. The van der Waals surface area contributed by atoms with Gasteiger partial charge in [-0.05, 0) is 80.6 Å². The first-order chi connectivity index (χ1) is 8.97. The molecule has 2 aromatic rings. The minimum Gasteiger partial charge on any atom is -0.380 e. The lowest BCUT2D eigenvalue weighted by Gasteiger charge is -2.13. The molecule has 100 valence electrons. The largest absolute Gasteiger partial charge is 0.380 e. The Morgan fingerprint density at radius 3 is 2.42 bits per heavy atom. The van der Waals surface area contributed by atoms with Crippen molar-refractivity contribution in [3.63, 3.8) is 0 Å². The molecule has 4 heteroatoms. The molecule has 0 aromatic heterocycles. The van der Waals surface area contributed by atoms with E-state index in [0.29, 0.717) is 11.0 Å². The van der Waals surface area contributed by atoms with Gasteiger partial charge in [0, 0.05) is 11.0 Å². The average Bonchev–Trinajstić information content (AvgIpc) is 2.32. The van der Waals surface area contributed by atoms with Gasteiger partial charge < -0.3 is 5.32 Å². The first kappa shape index (κ1) is 14.5. The molecular weight excluding hydrogens is 373 g/mol. The van der Waals surface area contributed by atoms with E-state index in [2.05, 4.69) is 63.2 Å². The summed E-state index contributed by atoms with van der Waals surface area (Å²) in [6, 6.07) is 9.26. The van der Waals surface area contributed by atoms with Crippen molar-refractivity contribution in [2.24, 2.45) is 0 Å². The fourth-order valence-electron chi connectivity index (χ4n) is 1.98. The summed E-state index contributed by atoms with van der Waals surface area (Å²) in [4.78, 5) is 0. The Balaban J connectivity index is 2.16. The predicted molar refractivity (Wildman–Crippen MR) is 85.0 cm³/mol. The Kier molecular flexibility index (Phi) is 4.63. The van der Waals surface area contributed by atoms with Crippen LogP contribution >= 0.6 is 31.9 Å². The van der Waals surface area contributed by atoms with Crippen LogP contribution in [0.2, 0.25) is 0 Å². The summed E-state index contributed by atoms with van der Waals surface area (Å²) < 4.78 is 14.7. The fraction of sp³-hybridized carbons (Fsp3) is 0.200. The van der Waals surface area contributed by atoms with Crippen molar-refractivity contribution in [2.45, 2.75) is 20.4 Å². The first-order valence-corrected chi connectivity index (χ1v) is 7.50. The predicted octanol–water partition coefficient (Wildman–Crippen LogP) is 5.58. The third-order valence-electron chi connectivity index (χ3n) is 2.89. The van der Waals surface area contributed by atoms with E-state index < -0.39 is 0 Å². The minimum atomic E-state index is -0.239. The number of halogens is 3. The maximum Gasteiger partial charge on any atom is 0.137 e. The first-order valence-electron chi connectivity index (χ1n) is 5.92. The monoisotopic (exact) mass is 385 g/mol. The van der Waals surface area contributed by atoms with E-state index in [9.17, 15) is 4.39 Å². The van der Waals surface area contributed by atoms with E-state index in [0.717, 1.165) is 15.7 Å². The minimum absolute atomic E-state index is 0.239. The van der Waals surface area contributed by atoms with Crippen molar-refractivity contribution in [3.05, 3.63) is 61.8 Å². The number of rotatable bonds is 3. The molecule has 2 rings (SSSR count). The van der Waals surface area contributed by atoms with Gasteiger partial charge in [0.2, 0.25) is 0 Å². The van der Waals surface area contributed by atoms with Gasteiger partial charge in [0.05, 0.1) is 10.2 Å². The summed E-state index contributed by atoms with van der Waals surface area (Å²) in [6.45, 7) is 4.79. The number of nitrogens with one attached hydrogen (secondary N) is 1. The summed E-state index contributed by atoms with van der Waals surface area (Å²) in [7, 11) is 0. The normalized spacial score (nSPS) is 10.6. The third kappa shape index (κ3) is 3.57. The Morgan fingerprint density at radius 2 is 1.79 bits per heavy atom. The zero-order valence-corrected chi connectivity index (χ0v) is 13.9. The Morgan fingerprint density at radius 1 is 1.05 bits per heavy atom. The molecule has 0 spiro atoms. The second-order valence-electron chi connectivity index (χ2n) is 4.54. The van der Waals surface area contributed by atoms with Gasteiger partial charge >= 0.3 is 0 Å². The highest BCUT2D eigenvalue weighted by Crippen LogP contribution is 2.28. The highest BCUT2D eigenvalue weighted by molar-refractivity contribution is 9.10. The van der Waals surface area contributed by atoms with E-state index in [1.807, 2.05) is 0 Å². The molecule has 0 heterocycles. The van der Waals surface area contributed by atoms with Crippen LogP contribution in [0.1, 0.15) is 16.7 Å². The van der Waals surface area contributed by atoms with Gasteiger partial charge in [0.1, 0.15) is 5.82 Å². The molecule has 0 unspecified atom stereocenters. The second-order valence-corrected chi connectivity index (χ2v) is 6.25. The molecule has 1 N–H and O–H groups in total. The summed E-state index contributed by atoms with van der Waals surface area (Å²) in [5, 5.41) is 3.38. The van der Waals surface area contributed by atoms with Gasteiger partial charge in [0.15, 0.2) is 0 Å². The summed E-state index contributed by atoms with van der Waals surface area (Å²) >= 11 is 6.76. The quantitative estimate of drug-likeness (QED) is 0.725. The Bertz CT molecular complexity index is 588. The lowest BCUT2D eigenvalue weighted by molar-refractivity contribution is 0.620. The molecule has 0 amide bonds. The Labute approximate surface area is 129 Å². The maximum atomic E-state index is 13.2. The second kappa shape index (κ2) is 6.06. The number of benzene rings is 2. The van der Waals surface area contributed by atoms with E-state index in [1.165, 1.54) is 17.2 Å². The molecule has 0 radical (unpaired) electrons. The van der Waals surface area contributed by atoms with Gasteiger partial charge in [-0.15, -0.1) is 0 Å². The molecule has 0 saturated carbocycles. The highest BCUT2D eigenvalue weighted by Gasteiger charge is 2.06. The van der Waals surface area contributed by atoms with Crippen LogP contribution in [0, 0.1) is 19.7 Å². The highest BCUT2D eigenvalue weighted by atomic mass is 79.9. The molecule has 0 atom stereocenters. The average molecular weight is 387 g/mol. The molecule has 0 aliphatic heterocycles. The Hall–Kier alpha value is -0.870. The third-order valence-corrected chi connectivity index (χ3v) is 4.12. The van der Waals surface area contributed by atoms with Crippen molar-refractivity contribution >= 4 is 37.5 Å². The number of anilines is 1. The van der Waals surface area contributed by atoms with E-state index in [1.54, 1.807) is 12.1 Å². The van der Waals surface area contributed by atoms with Crippen molar-refractivity contribution in [2.75, 3.05) is 5.32 Å². The summed E-state index contributed by atoms with van der Waals surface area (Å²) in [6.07, 6.45) is 0. The summed E-state index contributed by atoms with van der Waals surface area (Å²) in [5.41, 5.74) is 4.51. The van der Waals surface area contributed by atoms with Crippen LogP contribution in [0.3, 0.4) is 0 Å². The molecule has 2 aromatic carbocycles. The smallest absolute Gasteiger partial charge is 0.137 e. The van der Waals surface area contributed by atoms with Crippen LogP contribution in [-0.2, 0) is 6.54 Å². The van der Waals surface area contributed by atoms with Gasteiger partial charge in [-0.2, -0.15) is 0 Å². The topological polar surface area (TPSA) is 12.0 Å². The van der Waals surface area contributed by atoms with Crippen molar-refractivity contribution in [3.8, 4) is 0 Å². The number of aryl methyl sites for hydroxylation is 2. The van der Waals surface area contributed by atoms with Crippen molar-refractivity contribution < 1.29 is 4.39 Å². The SMILES string of the molecule is Cc1cc(C)c(NCc2ccc(F)c(Br)c2)c(Br)c1. The van der Waals surface area contributed by atoms with Gasteiger partial charge in [-0.1, -0.05) is 12.1 Å². The maximum absolute atomic E-state index is 13.2. The van der Waals surface area contributed by atoms with Crippen LogP contribution in [-0.4, -0.2) is 0 Å². The van der Waals surface area contributed by atoms with Crippen LogP contribution in [0.25, 0.3) is 0 Å². The van der Waals surface area contributed by atoms with Crippen LogP contribution in [0.15, 0.2) is 39.3 Å². The molecule has 19 heavy (non-hydrogen) atoms. The molecular formula is C15H14Br2FN.